The minimum atomic E-state index is -0.273. The van der Waals surface area contributed by atoms with Crippen LogP contribution in [0.15, 0.2) is 28.8 Å². The zero-order valence-corrected chi connectivity index (χ0v) is 11.2. The summed E-state index contributed by atoms with van der Waals surface area (Å²) in [6.45, 7) is 4.76. The molecule has 1 N–H and O–H groups in total. The highest BCUT2D eigenvalue weighted by Crippen LogP contribution is 2.17. The molecule has 0 radical (unpaired) electrons. The Morgan fingerprint density at radius 1 is 1.20 bits per heavy atom. The lowest BCUT2D eigenvalue weighted by Crippen LogP contribution is -2.28. The third-order valence-corrected chi connectivity index (χ3v) is 3.36. The standard InChI is InChI=1S/C14H17FN4O/c15-12-4-2-11(3-5-12)14-17-13(18-20-14)10-19-8-1-6-16-7-9-19/h2-5,16H,1,6-10H2. The second-order valence-electron chi connectivity index (χ2n) is 4.90. The van der Waals surface area contributed by atoms with E-state index in [1.165, 1.54) is 12.1 Å². The molecular formula is C14H17FN4O. The Morgan fingerprint density at radius 3 is 2.90 bits per heavy atom. The molecule has 1 aromatic carbocycles. The molecule has 2 aromatic rings. The van der Waals surface area contributed by atoms with Crippen molar-refractivity contribution >= 4 is 0 Å². The van der Waals surface area contributed by atoms with Gasteiger partial charge in [-0.2, -0.15) is 4.98 Å². The van der Waals surface area contributed by atoms with Gasteiger partial charge in [-0.15, -0.1) is 0 Å². The van der Waals surface area contributed by atoms with Crippen molar-refractivity contribution in [1.82, 2.24) is 20.4 Å². The zero-order chi connectivity index (χ0) is 13.8. The smallest absolute Gasteiger partial charge is 0.257 e. The predicted molar refractivity (Wildman–Crippen MR) is 72.5 cm³/mol. The van der Waals surface area contributed by atoms with Crippen LogP contribution in [-0.2, 0) is 6.54 Å². The molecule has 1 aromatic heterocycles. The average Bonchev–Trinajstić information content (AvgIpc) is 2.76. The first-order valence-corrected chi connectivity index (χ1v) is 6.83. The lowest BCUT2D eigenvalue weighted by atomic mass is 10.2. The molecule has 0 aliphatic carbocycles. The summed E-state index contributed by atoms with van der Waals surface area (Å²) in [6, 6.07) is 6.06. The number of hydrogen-bond donors (Lipinski definition) is 1. The van der Waals surface area contributed by atoms with E-state index in [2.05, 4.69) is 20.4 Å². The number of nitrogens with zero attached hydrogens (tertiary/aromatic N) is 3. The summed E-state index contributed by atoms with van der Waals surface area (Å²) in [7, 11) is 0. The van der Waals surface area contributed by atoms with Crippen LogP contribution in [0.5, 0.6) is 0 Å². The topological polar surface area (TPSA) is 54.2 Å². The van der Waals surface area contributed by atoms with Crippen LogP contribution in [0.3, 0.4) is 0 Å². The van der Waals surface area contributed by atoms with Crippen LogP contribution in [0.2, 0.25) is 0 Å². The Morgan fingerprint density at radius 2 is 2.05 bits per heavy atom. The first-order valence-electron chi connectivity index (χ1n) is 6.83. The molecule has 2 heterocycles. The number of benzene rings is 1. The Bertz CT molecular complexity index is 547. The number of rotatable bonds is 3. The third kappa shape index (κ3) is 3.20. The molecular weight excluding hydrogens is 259 g/mol. The van der Waals surface area contributed by atoms with Gasteiger partial charge in [0.2, 0.25) is 0 Å². The maximum absolute atomic E-state index is 12.9. The Labute approximate surface area is 116 Å². The Hall–Kier alpha value is -1.79. The molecule has 6 heteroatoms. The van der Waals surface area contributed by atoms with Crippen molar-refractivity contribution in [1.29, 1.82) is 0 Å². The molecule has 0 unspecified atom stereocenters. The van der Waals surface area contributed by atoms with E-state index in [0.717, 1.165) is 38.2 Å². The molecule has 0 bridgehead atoms. The summed E-state index contributed by atoms with van der Waals surface area (Å²) < 4.78 is 18.1. The second-order valence-corrected chi connectivity index (χ2v) is 4.90. The van der Waals surface area contributed by atoms with Crippen LogP contribution in [-0.4, -0.2) is 41.2 Å². The van der Waals surface area contributed by atoms with E-state index < -0.39 is 0 Å². The minimum Gasteiger partial charge on any atom is -0.334 e. The summed E-state index contributed by atoms with van der Waals surface area (Å²) in [6.07, 6.45) is 1.13. The summed E-state index contributed by atoms with van der Waals surface area (Å²) in [5.74, 6) is 0.838. The van der Waals surface area contributed by atoms with Gasteiger partial charge in [-0.3, -0.25) is 4.90 Å². The quantitative estimate of drug-likeness (QED) is 0.924. The van der Waals surface area contributed by atoms with Crippen molar-refractivity contribution in [2.45, 2.75) is 13.0 Å². The van der Waals surface area contributed by atoms with Gasteiger partial charge in [0, 0.05) is 18.7 Å². The van der Waals surface area contributed by atoms with Crippen LogP contribution in [0.4, 0.5) is 4.39 Å². The maximum atomic E-state index is 12.9. The highest BCUT2D eigenvalue weighted by molar-refractivity contribution is 5.52. The SMILES string of the molecule is Fc1ccc(-c2nc(CN3CCCNCC3)no2)cc1. The van der Waals surface area contributed by atoms with Crippen molar-refractivity contribution in [2.75, 3.05) is 26.2 Å². The van der Waals surface area contributed by atoms with Gasteiger partial charge in [-0.05, 0) is 43.8 Å². The van der Waals surface area contributed by atoms with E-state index >= 15 is 0 Å². The Balaban J connectivity index is 1.68. The molecule has 1 fully saturated rings. The van der Waals surface area contributed by atoms with E-state index in [-0.39, 0.29) is 5.82 Å². The molecule has 0 amide bonds. The van der Waals surface area contributed by atoms with Crippen LogP contribution >= 0.6 is 0 Å². The summed E-state index contributed by atoms with van der Waals surface area (Å²) in [4.78, 5) is 6.68. The molecule has 5 nitrogen and oxygen atoms in total. The van der Waals surface area contributed by atoms with E-state index in [9.17, 15) is 4.39 Å². The van der Waals surface area contributed by atoms with Crippen LogP contribution in [0, 0.1) is 5.82 Å². The van der Waals surface area contributed by atoms with Crippen LogP contribution in [0.1, 0.15) is 12.2 Å². The van der Waals surface area contributed by atoms with E-state index in [1.807, 2.05) is 0 Å². The van der Waals surface area contributed by atoms with Gasteiger partial charge in [-0.1, -0.05) is 5.16 Å². The van der Waals surface area contributed by atoms with Crippen molar-refractivity contribution in [2.24, 2.45) is 0 Å². The van der Waals surface area contributed by atoms with Crippen LogP contribution in [0.25, 0.3) is 11.5 Å². The molecule has 1 aliphatic rings. The Kier molecular flexibility index (Phi) is 4.03. The predicted octanol–water partition coefficient (Wildman–Crippen LogP) is 1.67. The molecule has 1 aliphatic heterocycles. The lowest BCUT2D eigenvalue weighted by Gasteiger charge is -2.16. The first kappa shape index (κ1) is 13.2. The highest BCUT2D eigenvalue weighted by atomic mass is 19.1. The molecule has 0 atom stereocenters. The molecule has 0 spiro atoms. The number of hydrogen-bond acceptors (Lipinski definition) is 5. The fourth-order valence-corrected chi connectivity index (χ4v) is 2.29. The monoisotopic (exact) mass is 276 g/mol. The molecule has 20 heavy (non-hydrogen) atoms. The van der Waals surface area contributed by atoms with Gasteiger partial charge in [-0.25, -0.2) is 4.39 Å². The van der Waals surface area contributed by atoms with Gasteiger partial charge in [0.05, 0.1) is 6.54 Å². The van der Waals surface area contributed by atoms with Crippen LogP contribution < -0.4 is 5.32 Å². The summed E-state index contributed by atoms with van der Waals surface area (Å²) >= 11 is 0. The fourth-order valence-electron chi connectivity index (χ4n) is 2.29. The van der Waals surface area contributed by atoms with Gasteiger partial charge in [0.25, 0.3) is 5.89 Å². The van der Waals surface area contributed by atoms with Crippen molar-refractivity contribution in [3.63, 3.8) is 0 Å². The average molecular weight is 276 g/mol. The first-order chi connectivity index (χ1) is 9.81. The number of halogens is 1. The van der Waals surface area contributed by atoms with Crippen molar-refractivity contribution in [3.8, 4) is 11.5 Å². The molecule has 3 rings (SSSR count). The summed E-state index contributed by atoms with van der Waals surface area (Å²) in [5, 5.41) is 7.36. The van der Waals surface area contributed by atoms with E-state index in [4.69, 9.17) is 4.52 Å². The van der Waals surface area contributed by atoms with Crippen molar-refractivity contribution < 1.29 is 8.91 Å². The largest absolute Gasteiger partial charge is 0.334 e. The fraction of sp³-hybridized carbons (Fsp3) is 0.429. The van der Waals surface area contributed by atoms with Crippen molar-refractivity contribution in [3.05, 3.63) is 35.9 Å². The van der Waals surface area contributed by atoms with E-state index in [0.29, 0.717) is 18.3 Å². The minimum absolute atomic E-state index is 0.273. The zero-order valence-electron chi connectivity index (χ0n) is 11.2. The normalized spacial score (nSPS) is 17.1. The van der Waals surface area contributed by atoms with Gasteiger partial charge in [0.1, 0.15) is 5.82 Å². The third-order valence-electron chi connectivity index (χ3n) is 3.36. The summed E-state index contributed by atoms with van der Waals surface area (Å²) in [5.41, 5.74) is 0.739. The maximum Gasteiger partial charge on any atom is 0.257 e. The molecule has 1 saturated heterocycles. The molecule has 0 saturated carbocycles. The highest BCUT2D eigenvalue weighted by Gasteiger charge is 2.14. The van der Waals surface area contributed by atoms with Gasteiger partial charge in [0.15, 0.2) is 5.82 Å². The number of aromatic nitrogens is 2. The van der Waals surface area contributed by atoms with Gasteiger partial charge >= 0.3 is 0 Å². The lowest BCUT2D eigenvalue weighted by molar-refractivity contribution is 0.271. The second kappa shape index (κ2) is 6.11. The van der Waals surface area contributed by atoms with E-state index in [1.54, 1.807) is 12.1 Å². The van der Waals surface area contributed by atoms with Gasteiger partial charge < -0.3 is 9.84 Å². The number of nitrogens with one attached hydrogen (secondary N) is 1. The molecule has 106 valence electrons.